The first-order chi connectivity index (χ1) is 8.16. The largest absolute Gasteiger partial charge is 0.353 e. The summed E-state index contributed by atoms with van der Waals surface area (Å²) in [4.78, 5) is 12.5. The molecule has 0 atom stereocenters. The van der Waals surface area contributed by atoms with E-state index in [4.69, 9.17) is 0 Å². The minimum atomic E-state index is -0.0706. The molecule has 0 bridgehead atoms. The van der Waals surface area contributed by atoms with Crippen LogP contribution in [0.1, 0.15) is 52.4 Å². The molecule has 0 radical (unpaired) electrons. The van der Waals surface area contributed by atoms with Gasteiger partial charge in [0.1, 0.15) is 0 Å². The van der Waals surface area contributed by atoms with E-state index in [9.17, 15) is 4.79 Å². The van der Waals surface area contributed by atoms with Gasteiger partial charge in [-0.15, -0.1) is 0 Å². The van der Waals surface area contributed by atoms with E-state index in [-0.39, 0.29) is 5.41 Å². The van der Waals surface area contributed by atoms with Gasteiger partial charge in [-0.3, -0.25) is 4.79 Å². The lowest BCUT2D eigenvalue weighted by Crippen LogP contribution is -2.53. The summed E-state index contributed by atoms with van der Waals surface area (Å²) in [6.07, 6.45) is 6.51. The summed E-state index contributed by atoms with van der Waals surface area (Å²) in [7, 11) is 0. The van der Waals surface area contributed by atoms with Crippen molar-refractivity contribution in [3.05, 3.63) is 0 Å². The quantitative estimate of drug-likeness (QED) is 0.787. The fourth-order valence-corrected chi connectivity index (χ4v) is 3.33. The third-order valence-electron chi connectivity index (χ3n) is 4.48. The van der Waals surface area contributed by atoms with Crippen LogP contribution >= 0.6 is 0 Å². The van der Waals surface area contributed by atoms with Gasteiger partial charge in [-0.2, -0.15) is 0 Å². The van der Waals surface area contributed by atoms with E-state index in [1.54, 1.807) is 0 Å². The Morgan fingerprint density at radius 1 is 1.35 bits per heavy atom. The van der Waals surface area contributed by atoms with Crippen molar-refractivity contribution in [3.63, 3.8) is 0 Å². The van der Waals surface area contributed by atoms with Crippen LogP contribution in [0.3, 0.4) is 0 Å². The molecule has 1 saturated carbocycles. The van der Waals surface area contributed by atoms with Crippen molar-refractivity contribution in [2.75, 3.05) is 13.1 Å². The zero-order valence-electron chi connectivity index (χ0n) is 11.2. The number of amides is 1. The zero-order valence-corrected chi connectivity index (χ0v) is 11.2. The second-order valence-corrected chi connectivity index (χ2v) is 6.03. The van der Waals surface area contributed by atoms with Gasteiger partial charge in [0.15, 0.2) is 0 Å². The first-order valence-corrected chi connectivity index (χ1v) is 7.18. The molecule has 0 aromatic heterocycles. The normalized spacial score (nSPS) is 31.6. The van der Waals surface area contributed by atoms with Gasteiger partial charge < -0.3 is 10.6 Å². The molecule has 2 rings (SSSR count). The van der Waals surface area contributed by atoms with Crippen LogP contribution in [0.2, 0.25) is 0 Å². The molecular formula is C14H26N2O. The fraction of sp³-hybridized carbons (Fsp3) is 0.929. The molecule has 1 aliphatic heterocycles. The first-order valence-electron chi connectivity index (χ1n) is 7.18. The Hall–Kier alpha value is -0.570. The minimum Gasteiger partial charge on any atom is -0.353 e. The predicted molar refractivity (Wildman–Crippen MR) is 69.8 cm³/mol. The number of hydrogen-bond donors (Lipinski definition) is 2. The molecule has 1 heterocycles. The van der Waals surface area contributed by atoms with Gasteiger partial charge in [0.25, 0.3) is 0 Å². The Labute approximate surface area is 105 Å². The van der Waals surface area contributed by atoms with Crippen LogP contribution in [0, 0.1) is 11.3 Å². The van der Waals surface area contributed by atoms with E-state index in [1.165, 1.54) is 12.8 Å². The molecule has 98 valence electrons. The van der Waals surface area contributed by atoms with Gasteiger partial charge in [-0.25, -0.2) is 0 Å². The number of hydrogen-bond acceptors (Lipinski definition) is 2. The summed E-state index contributed by atoms with van der Waals surface area (Å²) in [6.45, 7) is 6.43. The maximum Gasteiger partial charge on any atom is 0.226 e. The number of rotatable bonds is 4. The molecule has 0 unspecified atom stereocenters. The summed E-state index contributed by atoms with van der Waals surface area (Å²) in [5.41, 5.74) is -0.0706. The lowest BCUT2D eigenvalue weighted by molar-refractivity contribution is -0.134. The second-order valence-electron chi connectivity index (χ2n) is 6.03. The van der Waals surface area contributed by atoms with E-state index >= 15 is 0 Å². The maximum absolute atomic E-state index is 12.5. The van der Waals surface area contributed by atoms with Crippen molar-refractivity contribution < 1.29 is 4.79 Å². The van der Waals surface area contributed by atoms with E-state index in [0.29, 0.717) is 11.9 Å². The van der Waals surface area contributed by atoms with E-state index < -0.39 is 0 Å². The summed E-state index contributed by atoms with van der Waals surface area (Å²) >= 11 is 0. The van der Waals surface area contributed by atoms with Crippen LogP contribution < -0.4 is 10.6 Å². The molecule has 1 aliphatic carbocycles. The summed E-state index contributed by atoms with van der Waals surface area (Å²) < 4.78 is 0. The van der Waals surface area contributed by atoms with Crippen molar-refractivity contribution in [2.24, 2.45) is 11.3 Å². The van der Waals surface area contributed by atoms with Crippen molar-refractivity contribution in [1.82, 2.24) is 10.6 Å². The summed E-state index contributed by atoms with van der Waals surface area (Å²) in [5, 5.41) is 6.64. The van der Waals surface area contributed by atoms with E-state index in [1.807, 2.05) is 0 Å². The molecule has 17 heavy (non-hydrogen) atoms. The van der Waals surface area contributed by atoms with Gasteiger partial charge in [-0.05, 0) is 51.1 Å². The number of carbonyl (C=O) groups excluding carboxylic acids is 1. The van der Waals surface area contributed by atoms with E-state index in [0.717, 1.165) is 44.7 Å². The van der Waals surface area contributed by atoms with Crippen LogP contribution in [-0.4, -0.2) is 25.0 Å². The highest BCUT2D eigenvalue weighted by molar-refractivity contribution is 5.83. The molecule has 0 aromatic carbocycles. The van der Waals surface area contributed by atoms with Gasteiger partial charge >= 0.3 is 0 Å². The highest BCUT2D eigenvalue weighted by Crippen LogP contribution is 2.35. The molecule has 1 amide bonds. The lowest BCUT2D eigenvalue weighted by atomic mass is 9.73. The van der Waals surface area contributed by atoms with Crippen molar-refractivity contribution in [1.29, 1.82) is 0 Å². The number of nitrogens with one attached hydrogen (secondary N) is 2. The SMILES string of the molecule is CCCC1(C(=O)NC2CC(C)C2)CCNCC1. The van der Waals surface area contributed by atoms with Crippen molar-refractivity contribution in [2.45, 2.75) is 58.4 Å². The number of piperidine rings is 1. The van der Waals surface area contributed by atoms with Crippen LogP contribution in [0.25, 0.3) is 0 Å². The molecule has 2 N–H and O–H groups in total. The Kier molecular flexibility index (Phi) is 4.08. The highest BCUT2D eigenvalue weighted by Gasteiger charge is 2.40. The van der Waals surface area contributed by atoms with Crippen molar-refractivity contribution >= 4 is 5.91 Å². The molecule has 0 spiro atoms. The van der Waals surface area contributed by atoms with Gasteiger partial charge in [0.05, 0.1) is 5.41 Å². The van der Waals surface area contributed by atoms with Crippen LogP contribution in [-0.2, 0) is 4.79 Å². The molecule has 0 aromatic rings. The Morgan fingerprint density at radius 3 is 2.53 bits per heavy atom. The highest BCUT2D eigenvalue weighted by atomic mass is 16.2. The topological polar surface area (TPSA) is 41.1 Å². The maximum atomic E-state index is 12.5. The third kappa shape index (κ3) is 2.82. The molecule has 3 nitrogen and oxygen atoms in total. The molecule has 3 heteroatoms. The Balaban J connectivity index is 1.92. The number of carbonyl (C=O) groups is 1. The van der Waals surface area contributed by atoms with Crippen LogP contribution in [0.4, 0.5) is 0 Å². The average molecular weight is 238 g/mol. The third-order valence-corrected chi connectivity index (χ3v) is 4.48. The molecule has 2 fully saturated rings. The average Bonchev–Trinajstić information content (AvgIpc) is 2.28. The lowest BCUT2D eigenvalue weighted by Gasteiger charge is -2.40. The Morgan fingerprint density at radius 2 is 2.00 bits per heavy atom. The smallest absolute Gasteiger partial charge is 0.226 e. The standard InChI is InChI=1S/C14H26N2O/c1-3-4-14(5-7-15-8-6-14)13(17)16-12-9-11(2)10-12/h11-12,15H,3-10H2,1-2H3,(H,16,17). The second kappa shape index (κ2) is 5.38. The van der Waals surface area contributed by atoms with Gasteiger partial charge in [0, 0.05) is 6.04 Å². The van der Waals surface area contributed by atoms with Crippen molar-refractivity contribution in [3.8, 4) is 0 Å². The van der Waals surface area contributed by atoms with Gasteiger partial charge in [-0.1, -0.05) is 20.3 Å². The molecular weight excluding hydrogens is 212 g/mol. The van der Waals surface area contributed by atoms with E-state index in [2.05, 4.69) is 24.5 Å². The molecule has 1 saturated heterocycles. The minimum absolute atomic E-state index is 0.0706. The Bertz CT molecular complexity index is 260. The fourth-order valence-electron chi connectivity index (χ4n) is 3.33. The zero-order chi connectivity index (χ0) is 12.3. The van der Waals surface area contributed by atoms with Gasteiger partial charge in [0.2, 0.25) is 5.91 Å². The van der Waals surface area contributed by atoms with Crippen LogP contribution in [0.5, 0.6) is 0 Å². The monoisotopic (exact) mass is 238 g/mol. The summed E-state index contributed by atoms with van der Waals surface area (Å²) in [6, 6.07) is 0.459. The molecule has 2 aliphatic rings. The first kappa shape index (κ1) is 12.9. The van der Waals surface area contributed by atoms with Crippen LogP contribution in [0.15, 0.2) is 0 Å². The summed E-state index contributed by atoms with van der Waals surface area (Å²) in [5.74, 6) is 1.13. The predicted octanol–water partition coefficient (Wildman–Crippen LogP) is 2.07.